The van der Waals surface area contributed by atoms with Crippen molar-refractivity contribution in [3.8, 4) is 5.75 Å². The number of halogens is 5. The molecule has 2 aromatic rings. The fourth-order valence-electron chi connectivity index (χ4n) is 1.92. The number of amides is 2. The molecule has 2 rings (SSSR count). The molecule has 10 heteroatoms. The average Bonchev–Trinajstić information content (AvgIpc) is 2.44. The summed E-state index contributed by atoms with van der Waals surface area (Å²) >= 11 is 3.20. The number of carbonyl (C=O) groups excluding carboxylic acids is 1. The minimum atomic E-state index is -4.99. The first kappa shape index (κ1) is 19.0. The molecule has 0 bridgehead atoms. The number of benzene rings is 2. The van der Waals surface area contributed by atoms with Crippen molar-refractivity contribution in [3.63, 3.8) is 0 Å². The number of anilines is 2. The summed E-state index contributed by atoms with van der Waals surface area (Å²) in [7, 11) is 0. The second kappa shape index (κ2) is 7.70. The summed E-state index contributed by atoms with van der Waals surface area (Å²) < 4.78 is 54.3. The fourth-order valence-corrected chi connectivity index (χ4v) is 2.28. The smallest absolute Gasteiger partial charge is 0.406 e. The molecule has 25 heavy (non-hydrogen) atoms. The molecule has 0 aliphatic carbocycles. The van der Waals surface area contributed by atoms with Gasteiger partial charge in [-0.2, -0.15) is 0 Å². The van der Waals surface area contributed by atoms with Gasteiger partial charge in [0.1, 0.15) is 11.6 Å². The number of ether oxygens (including phenoxy) is 1. The first-order valence-corrected chi connectivity index (χ1v) is 7.49. The van der Waals surface area contributed by atoms with E-state index < -0.39 is 24.0 Å². The molecule has 0 aliphatic heterocycles. The lowest BCUT2D eigenvalue weighted by molar-refractivity contribution is -0.274. The van der Waals surface area contributed by atoms with Crippen LogP contribution in [0.15, 0.2) is 40.9 Å². The Morgan fingerprint density at radius 2 is 1.88 bits per heavy atom. The summed E-state index contributed by atoms with van der Waals surface area (Å²) in [5.74, 6) is -1.82. The van der Waals surface area contributed by atoms with Crippen LogP contribution in [0.2, 0.25) is 0 Å². The Bertz CT molecular complexity index is 784. The molecular weight excluding hydrogens is 412 g/mol. The zero-order valence-electron chi connectivity index (χ0n) is 12.3. The molecule has 0 unspecified atom stereocenters. The van der Waals surface area contributed by atoms with E-state index in [0.29, 0.717) is 16.1 Å². The van der Waals surface area contributed by atoms with Crippen molar-refractivity contribution in [2.24, 2.45) is 0 Å². The molecule has 134 valence electrons. The van der Waals surface area contributed by atoms with Gasteiger partial charge in [0.15, 0.2) is 0 Å². The van der Waals surface area contributed by atoms with Gasteiger partial charge in [-0.3, -0.25) is 0 Å². The number of urea groups is 1. The summed E-state index contributed by atoms with van der Waals surface area (Å²) in [6.07, 6.45) is -4.99. The number of aliphatic hydroxyl groups is 1. The van der Waals surface area contributed by atoms with Gasteiger partial charge in [-0.05, 0) is 18.2 Å². The van der Waals surface area contributed by atoms with Crippen LogP contribution in [0.1, 0.15) is 5.56 Å². The highest BCUT2D eigenvalue weighted by atomic mass is 79.9. The van der Waals surface area contributed by atoms with E-state index >= 15 is 0 Å². The molecule has 0 saturated carbocycles. The van der Waals surface area contributed by atoms with Gasteiger partial charge >= 0.3 is 12.4 Å². The zero-order chi connectivity index (χ0) is 18.6. The van der Waals surface area contributed by atoms with E-state index in [-0.39, 0.29) is 18.0 Å². The van der Waals surface area contributed by atoms with Crippen molar-refractivity contribution in [1.82, 2.24) is 0 Å². The van der Waals surface area contributed by atoms with E-state index in [1.807, 2.05) is 0 Å². The van der Waals surface area contributed by atoms with Crippen molar-refractivity contribution in [2.75, 3.05) is 10.6 Å². The molecule has 2 aromatic carbocycles. The second-order valence-electron chi connectivity index (χ2n) is 4.76. The highest BCUT2D eigenvalue weighted by Gasteiger charge is 2.31. The number of carbonyl (C=O) groups is 1. The highest BCUT2D eigenvalue weighted by Crippen LogP contribution is 2.27. The first-order valence-electron chi connectivity index (χ1n) is 6.70. The van der Waals surface area contributed by atoms with Crippen LogP contribution < -0.4 is 15.4 Å². The average molecular weight is 423 g/mol. The maximum Gasteiger partial charge on any atom is 0.573 e. The van der Waals surface area contributed by atoms with Gasteiger partial charge in [-0.25, -0.2) is 9.18 Å². The quantitative estimate of drug-likeness (QED) is 0.629. The molecule has 2 amide bonds. The van der Waals surface area contributed by atoms with E-state index in [1.165, 1.54) is 6.07 Å². The van der Waals surface area contributed by atoms with E-state index in [9.17, 15) is 27.5 Å². The third-order valence-electron chi connectivity index (χ3n) is 2.85. The molecule has 0 fully saturated rings. The van der Waals surface area contributed by atoms with Crippen molar-refractivity contribution in [2.45, 2.75) is 13.0 Å². The lowest BCUT2D eigenvalue weighted by Gasteiger charge is -2.13. The molecule has 0 spiro atoms. The third kappa shape index (κ3) is 5.91. The first-order chi connectivity index (χ1) is 11.7. The van der Waals surface area contributed by atoms with Gasteiger partial charge in [0, 0.05) is 33.5 Å². The van der Waals surface area contributed by atoms with Crippen LogP contribution in [0, 0.1) is 5.82 Å². The molecule has 5 nitrogen and oxygen atoms in total. The maximum atomic E-state index is 13.4. The van der Waals surface area contributed by atoms with E-state index in [2.05, 4.69) is 31.3 Å². The number of aliphatic hydroxyl groups excluding tert-OH is 1. The maximum absolute atomic E-state index is 13.4. The van der Waals surface area contributed by atoms with Crippen LogP contribution in [0.4, 0.5) is 33.7 Å². The molecule has 0 aromatic heterocycles. The largest absolute Gasteiger partial charge is 0.573 e. The van der Waals surface area contributed by atoms with Gasteiger partial charge in [0.2, 0.25) is 0 Å². The molecule has 3 N–H and O–H groups in total. The monoisotopic (exact) mass is 422 g/mol. The van der Waals surface area contributed by atoms with Crippen molar-refractivity contribution in [3.05, 3.63) is 52.3 Å². The lowest BCUT2D eigenvalue weighted by atomic mass is 10.2. The number of nitrogens with one attached hydrogen (secondary N) is 2. The van der Waals surface area contributed by atoms with Crippen LogP contribution in [-0.4, -0.2) is 17.5 Å². The Morgan fingerprint density at radius 3 is 2.52 bits per heavy atom. The molecule has 0 heterocycles. The van der Waals surface area contributed by atoms with Crippen LogP contribution in [0.5, 0.6) is 5.75 Å². The summed E-state index contributed by atoms with van der Waals surface area (Å²) in [5.41, 5.74) is 0.452. The summed E-state index contributed by atoms with van der Waals surface area (Å²) in [6.45, 7) is -0.341. The fraction of sp³-hybridized carbons (Fsp3) is 0.133. The minimum Gasteiger partial charge on any atom is -0.406 e. The van der Waals surface area contributed by atoms with Crippen molar-refractivity contribution < 1.29 is 32.2 Å². The second-order valence-corrected chi connectivity index (χ2v) is 5.68. The summed E-state index contributed by atoms with van der Waals surface area (Å²) in [6, 6.07) is 6.10. The van der Waals surface area contributed by atoms with Crippen LogP contribution >= 0.6 is 15.9 Å². The Morgan fingerprint density at radius 1 is 1.16 bits per heavy atom. The topological polar surface area (TPSA) is 70.6 Å². The molecule has 0 aliphatic rings. The van der Waals surface area contributed by atoms with E-state index in [4.69, 9.17) is 0 Å². The molecule has 0 atom stereocenters. The van der Waals surface area contributed by atoms with Gasteiger partial charge in [0.05, 0.1) is 6.61 Å². The van der Waals surface area contributed by atoms with Gasteiger partial charge < -0.3 is 20.5 Å². The van der Waals surface area contributed by atoms with Crippen LogP contribution in [-0.2, 0) is 6.61 Å². The van der Waals surface area contributed by atoms with Gasteiger partial charge in [-0.1, -0.05) is 22.0 Å². The van der Waals surface area contributed by atoms with E-state index in [1.54, 1.807) is 12.1 Å². The van der Waals surface area contributed by atoms with Crippen molar-refractivity contribution >= 4 is 33.3 Å². The number of rotatable bonds is 4. The number of alkyl halides is 3. The Hall–Kier alpha value is -2.33. The van der Waals surface area contributed by atoms with Crippen LogP contribution in [0.25, 0.3) is 0 Å². The Labute approximate surface area is 147 Å². The van der Waals surface area contributed by atoms with E-state index in [0.717, 1.165) is 12.1 Å². The third-order valence-corrected chi connectivity index (χ3v) is 3.35. The van der Waals surface area contributed by atoms with Gasteiger partial charge in [0.25, 0.3) is 0 Å². The lowest BCUT2D eigenvalue weighted by Crippen LogP contribution is -2.21. The van der Waals surface area contributed by atoms with Crippen molar-refractivity contribution in [1.29, 1.82) is 0 Å². The zero-order valence-corrected chi connectivity index (χ0v) is 13.9. The van der Waals surface area contributed by atoms with Crippen LogP contribution in [0.3, 0.4) is 0 Å². The Kier molecular flexibility index (Phi) is 5.85. The molecule has 0 saturated heterocycles. The molecular formula is C15H11BrF4N2O3. The normalized spacial score (nSPS) is 11.1. The predicted octanol–water partition coefficient (Wildman–Crippen LogP) is 4.62. The number of hydrogen-bond donors (Lipinski definition) is 3. The standard InChI is InChI=1S/C15H11BrF4N2O3/c16-9-2-1-8(7-23)13(3-9)22-14(24)21-11-4-10(17)5-12(6-11)25-15(18,19)20/h1-6,23H,7H2,(H2,21,22,24). The summed E-state index contributed by atoms with van der Waals surface area (Å²) in [5, 5.41) is 13.8. The number of hydrogen-bond acceptors (Lipinski definition) is 3. The minimum absolute atomic E-state index is 0.239. The van der Waals surface area contributed by atoms with Gasteiger partial charge in [-0.15, -0.1) is 13.2 Å². The highest BCUT2D eigenvalue weighted by molar-refractivity contribution is 9.10. The summed E-state index contributed by atoms with van der Waals surface area (Å²) in [4.78, 5) is 12.0. The molecule has 0 radical (unpaired) electrons. The predicted molar refractivity (Wildman–Crippen MR) is 85.8 cm³/mol. The Balaban J connectivity index is 2.14. The SMILES string of the molecule is O=C(Nc1cc(F)cc(OC(F)(F)F)c1)Nc1cc(Br)ccc1CO.